The topological polar surface area (TPSA) is 99.3 Å². The minimum atomic E-state index is -0.610. The van der Waals surface area contributed by atoms with Gasteiger partial charge in [0.1, 0.15) is 17.9 Å². The lowest BCUT2D eigenvalue weighted by atomic mass is 10.1. The van der Waals surface area contributed by atoms with Crippen molar-refractivity contribution >= 4 is 11.6 Å². The molecule has 1 aliphatic heterocycles. The van der Waals surface area contributed by atoms with Crippen LogP contribution < -0.4 is 5.32 Å². The average Bonchev–Trinajstić information content (AvgIpc) is 3.06. The molecule has 0 bridgehead atoms. The molecule has 1 fully saturated rings. The van der Waals surface area contributed by atoms with E-state index in [0.717, 1.165) is 19.4 Å². The molecule has 1 saturated heterocycles. The Balaban J connectivity index is 2.01. The Labute approximate surface area is 122 Å². The highest BCUT2D eigenvalue weighted by Crippen LogP contribution is 2.19. The molecular weight excluding hydrogens is 276 g/mol. The zero-order valence-electron chi connectivity index (χ0n) is 12.4. The number of carbonyl (C=O) groups is 1. The summed E-state index contributed by atoms with van der Waals surface area (Å²) in [5, 5.41) is 17.7. The highest BCUT2D eigenvalue weighted by atomic mass is 16.6. The SMILES string of the molecule is Cc1nn([C@H](C)C(=O)N[C@@H](C)[C@H]2CCCO2)cc1[N+](=O)[O-]. The molecule has 3 atom stereocenters. The number of nitro groups is 1. The minimum Gasteiger partial charge on any atom is -0.376 e. The summed E-state index contributed by atoms with van der Waals surface area (Å²) >= 11 is 0. The van der Waals surface area contributed by atoms with Gasteiger partial charge in [0.2, 0.25) is 5.91 Å². The third-order valence-electron chi connectivity index (χ3n) is 3.76. The number of aryl methyl sites for hydroxylation is 1. The molecule has 1 aliphatic rings. The molecular formula is C13H20N4O4. The van der Waals surface area contributed by atoms with Crippen molar-refractivity contribution in [1.29, 1.82) is 0 Å². The maximum atomic E-state index is 12.2. The Morgan fingerprint density at radius 1 is 1.62 bits per heavy atom. The second-order valence-corrected chi connectivity index (χ2v) is 5.36. The van der Waals surface area contributed by atoms with E-state index < -0.39 is 11.0 Å². The lowest BCUT2D eigenvalue weighted by Crippen LogP contribution is -2.43. The van der Waals surface area contributed by atoms with Crippen LogP contribution >= 0.6 is 0 Å². The van der Waals surface area contributed by atoms with Gasteiger partial charge in [0.15, 0.2) is 0 Å². The first kappa shape index (κ1) is 15.4. The summed E-state index contributed by atoms with van der Waals surface area (Å²) < 4.78 is 6.85. The highest BCUT2D eigenvalue weighted by molar-refractivity contribution is 5.80. The van der Waals surface area contributed by atoms with Gasteiger partial charge < -0.3 is 10.1 Å². The predicted molar refractivity (Wildman–Crippen MR) is 74.9 cm³/mol. The Hall–Kier alpha value is -1.96. The first-order valence-corrected chi connectivity index (χ1v) is 7.02. The lowest BCUT2D eigenvalue weighted by Gasteiger charge is -2.22. The van der Waals surface area contributed by atoms with Gasteiger partial charge in [0.25, 0.3) is 0 Å². The van der Waals surface area contributed by atoms with Crippen molar-refractivity contribution in [3.8, 4) is 0 Å². The molecule has 2 rings (SSSR count). The third-order valence-corrected chi connectivity index (χ3v) is 3.76. The molecule has 8 nitrogen and oxygen atoms in total. The summed E-state index contributed by atoms with van der Waals surface area (Å²) in [6, 6.07) is -0.699. The van der Waals surface area contributed by atoms with Crippen LogP contribution in [0.1, 0.15) is 38.4 Å². The molecule has 0 aliphatic carbocycles. The van der Waals surface area contributed by atoms with E-state index in [0.29, 0.717) is 5.69 Å². The van der Waals surface area contributed by atoms with Crippen LogP contribution in [0, 0.1) is 17.0 Å². The molecule has 1 N–H and O–H groups in total. The predicted octanol–water partition coefficient (Wildman–Crippen LogP) is 1.34. The van der Waals surface area contributed by atoms with Crippen LogP contribution in [-0.2, 0) is 9.53 Å². The Kier molecular flexibility index (Phi) is 4.56. The van der Waals surface area contributed by atoms with Crippen molar-refractivity contribution < 1.29 is 14.5 Å². The number of aromatic nitrogens is 2. The van der Waals surface area contributed by atoms with Gasteiger partial charge in [-0.2, -0.15) is 5.10 Å². The van der Waals surface area contributed by atoms with Crippen LogP contribution in [0.15, 0.2) is 6.20 Å². The molecule has 0 spiro atoms. The first-order chi connectivity index (χ1) is 9.90. The normalized spacial score (nSPS) is 21.0. The van der Waals surface area contributed by atoms with Gasteiger partial charge in [0.05, 0.1) is 17.1 Å². The molecule has 0 saturated carbocycles. The molecule has 0 aromatic carbocycles. The smallest absolute Gasteiger partial charge is 0.309 e. The summed E-state index contributed by atoms with van der Waals surface area (Å²) in [5.74, 6) is -0.226. The fourth-order valence-corrected chi connectivity index (χ4v) is 2.40. The molecule has 0 radical (unpaired) electrons. The molecule has 0 unspecified atom stereocenters. The van der Waals surface area contributed by atoms with Crippen LogP contribution in [-0.4, -0.2) is 39.4 Å². The van der Waals surface area contributed by atoms with Gasteiger partial charge in [-0.1, -0.05) is 0 Å². The Morgan fingerprint density at radius 3 is 2.86 bits per heavy atom. The minimum absolute atomic E-state index is 0.0369. The molecule has 21 heavy (non-hydrogen) atoms. The van der Waals surface area contributed by atoms with Gasteiger partial charge in [-0.3, -0.25) is 19.6 Å². The molecule has 116 valence electrons. The zero-order valence-corrected chi connectivity index (χ0v) is 12.4. The zero-order chi connectivity index (χ0) is 15.6. The van der Waals surface area contributed by atoms with E-state index in [1.807, 2.05) is 6.92 Å². The van der Waals surface area contributed by atoms with Crippen LogP contribution in [0.4, 0.5) is 5.69 Å². The number of hydrogen-bond donors (Lipinski definition) is 1. The standard InChI is InChI=1S/C13H20N4O4/c1-8-11(17(19)20)7-16(15-8)10(3)13(18)14-9(2)12-5-4-6-21-12/h7,9-10,12H,4-6H2,1-3H3,(H,14,18)/t9-,10+,12+/m0/s1. The summed E-state index contributed by atoms with van der Waals surface area (Å²) in [5.41, 5.74) is 0.216. The van der Waals surface area contributed by atoms with E-state index in [9.17, 15) is 14.9 Å². The number of amides is 1. The van der Waals surface area contributed by atoms with Crippen molar-refractivity contribution in [2.75, 3.05) is 6.61 Å². The van der Waals surface area contributed by atoms with Gasteiger partial charge >= 0.3 is 5.69 Å². The van der Waals surface area contributed by atoms with E-state index in [-0.39, 0.29) is 23.7 Å². The monoisotopic (exact) mass is 296 g/mol. The molecule has 1 aromatic rings. The summed E-state index contributed by atoms with van der Waals surface area (Å²) in [6.45, 7) is 5.84. The van der Waals surface area contributed by atoms with Crippen molar-refractivity contribution in [2.24, 2.45) is 0 Å². The van der Waals surface area contributed by atoms with Crippen molar-refractivity contribution in [1.82, 2.24) is 15.1 Å². The van der Waals surface area contributed by atoms with Gasteiger partial charge in [-0.25, -0.2) is 0 Å². The maximum Gasteiger partial charge on any atom is 0.309 e. The fraction of sp³-hybridized carbons (Fsp3) is 0.692. The van der Waals surface area contributed by atoms with Crippen LogP contribution in [0.25, 0.3) is 0 Å². The molecule has 2 heterocycles. The van der Waals surface area contributed by atoms with Crippen LogP contribution in [0.3, 0.4) is 0 Å². The van der Waals surface area contributed by atoms with Gasteiger partial charge in [0, 0.05) is 6.61 Å². The number of hydrogen-bond acceptors (Lipinski definition) is 5. The number of carbonyl (C=O) groups excluding carboxylic acids is 1. The number of nitrogens with zero attached hydrogens (tertiary/aromatic N) is 3. The van der Waals surface area contributed by atoms with Crippen molar-refractivity contribution in [3.05, 3.63) is 22.0 Å². The number of nitrogens with one attached hydrogen (secondary N) is 1. The third kappa shape index (κ3) is 3.38. The van der Waals surface area contributed by atoms with Crippen LogP contribution in [0.5, 0.6) is 0 Å². The quantitative estimate of drug-likeness (QED) is 0.653. The van der Waals surface area contributed by atoms with E-state index >= 15 is 0 Å². The van der Waals surface area contributed by atoms with Crippen molar-refractivity contribution in [3.63, 3.8) is 0 Å². The van der Waals surface area contributed by atoms with Gasteiger partial charge in [-0.05, 0) is 33.6 Å². The molecule has 1 aromatic heterocycles. The van der Waals surface area contributed by atoms with E-state index in [1.165, 1.54) is 10.9 Å². The second kappa shape index (κ2) is 6.21. The molecule has 1 amide bonds. The second-order valence-electron chi connectivity index (χ2n) is 5.36. The molecule has 8 heteroatoms. The maximum absolute atomic E-state index is 12.2. The average molecular weight is 296 g/mol. The lowest BCUT2D eigenvalue weighted by molar-refractivity contribution is -0.385. The highest BCUT2D eigenvalue weighted by Gasteiger charge is 2.27. The Bertz CT molecular complexity index is 536. The van der Waals surface area contributed by atoms with Crippen molar-refractivity contribution in [2.45, 2.75) is 51.8 Å². The van der Waals surface area contributed by atoms with E-state index in [4.69, 9.17) is 4.74 Å². The largest absolute Gasteiger partial charge is 0.376 e. The van der Waals surface area contributed by atoms with Crippen LogP contribution in [0.2, 0.25) is 0 Å². The van der Waals surface area contributed by atoms with Gasteiger partial charge in [-0.15, -0.1) is 0 Å². The number of rotatable bonds is 5. The first-order valence-electron chi connectivity index (χ1n) is 7.02. The van der Waals surface area contributed by atoms with E-state index in [1.54, 1.807) is 13.8 Å². The summed E-state index contributed by atoms with van der Waals surface area (Å²) in [4.78, 5) is 22.5. The number of ether oxygens (including phenoxy) is 1. The fourth-order valence-electron chi connectivity index (χ4n) is 2.40. The Morgan fingerprint density at radius 2 is 2.33 bits per heavy atom. The van der Waals surface area contributed by atoms with E-state index in [2.05, 4.69) is 10.4 Å². The summed E-state index contributed by atoms with van der Waals surface area (Å²) in [7, 11) is 0. The summed E-state index contributed by atoms with van der Waals surface area (Å²) in [6.07, 6.45) is 3.26.